The van der Waals surface area contributed by atoms with Gasteiger partial charge < -0.3 is 10.6 Å². The Bertz CT molecular complexity index is 767. The number of rotatable bonds is 6. The first-order valence-electron chi connectivity index (χ1n) is 8.95. The molecule has 1 saturated carbocycles. The molecule has 8 heteroatoms. The smallest absolute Gasteiger partial charge is 0.356 e. The summed E-state index contributed by atoms with van der Waals surface area (Å²) in [6, 6.07) is 10.5. The van der Waals surface area contributed by atoms with Crippen molar-refractivity contribution in [2.45, 2.75) is 37.3 Å². The van der Waals surface area contributed by atoms with E-state index in [2.05, 4.69) is 44.9 Å². The van der Waals surface area contributed by atoms with Crippen molar-refractivity contribution in [1.82, 2.24) is 15.6 Å². The van der Waals surface area contributed by atoms with Crippen molar-refractivity contribution in [3.8, 4) is 0 Å². The van der Waals surface area contributed by atoms with E-state index >= 15 is 0 Å². The summed E-state index contributed by atoms with van der Waals surface area (Å²) < 4.78 is 37.8. The van der Waals surface area contributed by atoms with E-state index in [9.17, 15) is 13.2 Å². The molecule has 3 rings (SSSR count). The predicted molar refractivity (Wildman–Crippen MR) is 102 cm³/mol. The molecule has 2 aromatic rings. The molecule has 0 radical (unpaired) electrons. The molecule has 4 nitrogen and oxygen atoms in total. The van der Waals surface area contributed by atoms with Crippen LogP contribution in [0.1, 0.15) is 35.5 Å². The quantitative estimate of drug-likeness (QED) is 0.573. The molecule has 0 spiro atoms. The van der Waals surface area contributed by atoms with Crippen LogP contribution in [0.3, 0.4) is 0 Å². The number of nitrogens with zero attached hydrogens (tertiary/aromatic N) is 2. The molecule has 1 fully saturated rings. The number of aromatic nitrogens is 1. The van der Waals surface area contributed by atoms with E-state index in [1.807, 2.05) is 6.07 Å². The molecule has 0 aliphatic heterocycles. The highest BCUT2D eigenvalue weighted by molar-refractivity contribution is 7.09. The van der Waals surface area contributed by atoms with E-state index in [1.165, 1.54) is 12.0 Å². The predicted octanol–water partition coefficient (Wildman–Crippen LogP) is 3.99. The fourth-order valence-corrected chi connectivity index (χ4v) is 4.09. The fourth-order valence-electron chi connectivity index (χ4n) is 3.28. The first-order valence-corrected chi connectivity index (χ1v) is 9.83. The number of alkyl halides is 3. The highest BCUT2D eigenvalue weighted by atomic mass is 32.1. The van der Waals surface area contributed by atoms with Gasteiger partial charge in [0, 0.05) is 37.4 Å². The maximum absolute atomic E-state index is 12.6. The maximum Gasteiger partial charge on any atom is 0.434 e. The van der Waals surface area contributed by atoms with E-state index in [-0.39, 0.29) is 5.41 Å². The van der Waals surface area contributed by atoms with Gasteiger partial charge >= 0.3 is 6.18 Å². The Morgan fingerprint density at radius 3 is 2.52 bits per heavy atom. The first kappa shape index (κ1) is 19.7. The highest BCUT2D eigenvalue weighted by Crippen LogP contribution is 2.43. The fraction of sp³-hybridized carbons (Fsp3) is 0.474. The van der Waals surface area contributed by atoms with Crippen molar-refractivity contribution < 1.29 is 13.2 Å². The van der Waals surface area contributed by atoms with Crippen LogP contribution in [0.15, 0.2) is 40.7 Å². The molecule has 0 saturated heterocycles. The summed E-state index contributed by atoms with van der Waals surface area (Å²) in [5.41, 5.74) is 0.650. The zero-order valence-electron chi connectivity index (χ0n) is 15.1. The molecule has 0 bridgehead atoms. The van der Waals surface area contributed by atoms with Gasteiger partial charge in [-0.2, -0.15) is 13.2 Å². The van der Waals surface area contributed by atoms with Crippen LogP contribution in [-0.2, 0) is 18.0 Å². The van der Waals surface area contributed by atoms with Gasteiger partial charge in [-0.3, -0.25) is 4.99 Å². The largest absolute Gasteiger partial charge is 0.434 e. The number of thiazole rings is 1. The molecule has 0 unspecified atom stereocenters. The number of halogens is 3. The second kappa shape index (κ2) is 8.29. The van der Waals surface area contributed by atoms with Crippen molar-refractivity contribution in [2.24, 2.45) is 4.99 Å². The normalized spacial score (nSPS) is 16.7. The van der Waals surface area contributed by atoms with E-state index in [0.717, 1.165) is 36.1 Å². The minimum atomic E-state index is -4.38. The van der Waals surface area contributed by atoms with Crippen molar-refractivity contribution in [3.05, 3.63) is 52.0 Å². The summed E-state index contributed by atoms with van der Waals surface area (Å²) in [5.74, 6) is 0.657. The molecule has 1 aromatic heterocycles. The molecule has 1 aromatic carbocycles. The van der Waals surface area contributed by atoms with E-state index < -0.39 is 11.9 Å². The number of aliphatic imine (C=N–C) groups is 1. The van der Waals surface area contributed by atoms with Crippen LogP contribution in [0.4, 0.5) is 13.2 Å². The Balaban J connectivity index is 1.49. The summed E-state index contributed by atoms with van der Waals surface area (Å²) >= 11 is 1.03. The molecule has 2 N–H and O–H groups in total. The van der Waals surface area contributed by atoms with Gasteiger partial charge in [-0.25, -0.2) is 4.98 Å². The lowest BCUT2D eigenvalue weighted by Crippen LogP contribution is -2.49. The Morgan fingerprint density at radius 1 is 1.22 bits per heavy atom. The highest BCUT2D eigenvalue weighted by Gasteiger charge is 2.38. The average Bonchev–Trinajstić information content (AvgIpc) is 3.09. The molecule has 27 heavy (non-hydrogen) atoms. The van der Waals surface area contributed by atoms with E-state index in [4.69, 9.17) is 0 Å². The van der Waals surface area contributed by atoms with Crippen molar-refractivity contribution in [1.29, 1.82) is 0 Å². The molecular weight excluding hydrogens is 373 g/mol. The van der Waals surface area contributed by atoms with Crippen LogP contribution in [0.5, 0.6) is 0 Å². The van der Waals surface area contributed by atoms with Crippen LogP contribution in [0.25, 0.3) is 0 Å². The molecule has 146 valence electrons. The molecule has 1 heterocycles. The van der Waals surface area contributed by atoms with Gasteiger partial charge in [0.25, 0.3) is 0 Å². The number of nitrogens with one attached hydrogen (secondary N) is 2. The maximum atomic E-state index is 12.6. The lowest BCUT2D eigenvalue weighted by Gasteiger charge is -2.43. The lowest BCUT2D eigenvalue weighted by molar-refractivity contribution is -0.140. The van der Waals surface area contributed by atoms with Gasteiger partial charge in [-0.15, -0.1) is 11.3 Å². The number of guanidine groups is 1. The van der Waals surface area contributed by atoms with Crippen LogP contribution in [-0.4, -0.2) is 31.1 Å². The van der Waals surface area contributed by atoms with E-state index in [0.29, 0.717) is 23.9 Å². The Morgan fingerprint density at radius 2 is 1.96 bits per heavy atom. The second-order valence-corrected chi connectivity index (χ2v) is 7.67. The van der Waals surface area contributed by atoms with Crippen molar-refractivity contribution >= 4 is 17.3 Å². The summed E-state index contributed by atoms with van der Waals surface area (Å²) in [7, 11) is 1.69. The minimum Gasteiger partial charge on any atom is -0.356 e. The lowest BCUT2D eigenvalue weighted by atomic mass is 9.64. The minimum absolute atomic E-state index is 0.135. The van der Waals surface area contributed by atoms with Gasteiger partial charge in [0.15, 0.2) is 11.7 Å². The van der Waals surface area contributed by atoms with Gasteiger partial charge in [-0.05, 0) is 18.4 Å². The Kier molecular flexibility index (Phi) is 6.04. The summed E-state index contributed by atoms with van der Waals surface area (Å²) in [4.78, 5) is 7.86. The number of benzene rings is 1. The summed E-state index contributed by atoms with van der Waals surface area (Å²) in [6.45, 7) is 1.26. The van der Waals surface area contributed by atoms with Gasteiger partial charge in [0.2, 0.25) is 0 Å². The second-order valence-electron chi connectivity index (χ2n) is 6.73. The van der Waals surface area contributed by atoms with Gasteiger partial charge in [0.1, 0.15) is 0 Å². The van der Waals surface area contributed by atoms with Crippen LogP contribution >= 0.6 is 11.3 Å². The number of hydrogen-bond acceptors (Lipinski definition) is 3. The van der Waals surface area contributed by atoms with Crippen LogP contribution in [0, 0.1) is 0 Å². The number of hydrogen-bond donors (Lipinski definition) is 2. The standard InChI is InChI=1S/C19H23F3N4S/c1-23-17(24-11-8-16-26-15(12-27-16)19(20,21)22)25-13-18(9-5-10-18)14-6-3-2-4-7-14/h2-4,6-7,12H,5,8-11,13H2,1H3,(H2,23,24,25). The first-order chi connectivity index (χ1) is 12.9. The average molecular weight is 396 g/mol. The summed E-state index contributed by atoms with van der Waals surface area (Å²) in [6.07, 6.45) is -0.464. The zero-order chi connectivity index (χ0) is 19.3. The van der Waals surface area contributed by atoms with Gasteiger partial charge in [0.05, 0.1) is 5.01 Å². The van der Waals surface area contributed by atoms with Crippen LogP contribution in [0.2, 0.25) is 0 Å². The van der Waals surface area contributed by atoms with Gasteiger partial charge in [-0.1, -0.05) is 36.8 Å². The summed E-state index contributed by atoms with van der Waals surface area (Å²) in [5, 5.41) is 8.05. The topological polar surface area (TPSA) is 49.3 Å². The third kappa shape index (κ3) is 4.80. The van der Waals surface area contributed by atoms with Crippen molar-refractivity contribution in [3.63, 3.8) is 0 Å². The Labute approximate surface area is 160 Å². The molecule has 0 atom stereocenters. The third-order valence-electron chi connectivity index (χ3n) is 4.99. The zero-order valence-corrected chi connectivity index (χ0v) is 16.0. The third-order valence-corrected chi connectivity index (χ3v) is 5.90. The molecular formula is C19H23F3N4S. The molecule has 0 amide bonds. The van der Waals surface area contributed by atoms with Crippen molar-refractivity contribution in [2.75, 3.05) is 20.1 Å². The SMILES string of the molecule is CN=C(NCCc1nc(C(F)(F)F)cs1)NCC1(c2ccccc2)CCC1. The molecule has 1 aliphatic carbocycles. The Hall–Kier alpha value is -2.09. The van der Waals surface area contributed by atoms with Crippen LogP contribution < -0.4 is 10.6 Å². The monoisotopic (exact) mass is 396 g/mol. The van der Waals surface area contributed by atoms with E-state index in [1.54, 1.807) is 7.05 Å². The molecule has 1 aliphatic rings.